The molecule has 2 fully saturated rings. The van der Waals surface area contributed by atoms with Gasteiger partial charge in [0.05, 0.1) is 0 Å². The summed E-state index contributed by atoms with van der Waals surface area (Å²) in [4.78, 5) is 16.9. The lowest BCUT2D eigenvalue weighted by molar-refractivity contribution is 0.0676. The van der Waals surface area contributed by atoms with Crippen LogP contribution in [0.15, 0.2) is 36.4 Å². The fraction of sp³-hybridized carbons (Fsp3) is 0.500. The molecule has 0 radical (unpaired) electrons. The van der Waals surface area contributed by atoms with Crippen molar-refractivity contribution in [1.82, 2.24) is 15.1 Å². The number of anilines is 3. The van der Waals surface area contributed by atoms with Crippen molar-refractivity contribution in [3.63, 3.8) is 0 Å². The van der Waals surface area contributed by atoms with Crippen LogP contribution in [0.1, 0.15) is 49.5 Å². The Morgan fingerprint density at radius 3 is 2.43 bits per heavy atom. The summed E-state index contributed by atoms with van der Waals surface area (Å²) < 4.78 is 0. The molecule has 0 spiro atoms. The number of aromatic nitrogens is 2. The second kappa shape index (κ2) is 8.59. The summed E-state index contributed by atoms with van der Waals surface area (Å²) in [7, 11) is 0. The lowest BCUT2D eigenvalue weighted by Crippen LogP contribution is -2.39. The predicted molar refractivity (Wildman–Crippen MR) is 112 cm³/mol. The van der Waals surface area contributed by atoms with Crippen LogP contribution in [0, 0.1) is 5.92 Å². The van der Waals surface area contributed by atoms with E-state index in [9.17, 15) is 4.79 Å². The van der Waals surface area contributed by atoms with Crippen LogP contribution in [-0.2, 0) is 0 Å². The quantitative estimate of drug-likeness (QED) is 0.867. The molecule has 1 atom stereocenters. The van der Waals surface area contributed by atoms with Gasteiger partial charge in [-0.1, -0.05) is 6.92 Å². The van der Waals surface area contributed by atoms with Crippen molar-refractivity contribution in [2.75, 3.05) is 36.4 Å². The van der Waals surface area contributed by atoms with Crippen molar-refractivity contribution in [3.8, 4) is 0 Å². The summed E-state index contributed by atoms with van der Waals surface area (Å²) in [5.41, 5.74) is 2.66. The van der Waals surface area contributed by atoms with Crippen molar-refractivity contribution in [3.05, 3.63) is 42.1 Å². The van der Waals surface area contributed by atoms with Gasteiger partial charge in [0, 0.05) is 37.6 Å². The molecular formula is C22H29N5O. The molecule has 3 heterocycles. The van der Waals surface area contributed by atoms with Crippen LogP contribution < -0.4 is 10.2 Å². The molecule has 1 aromatic carbocycles. The first-order chi connectivity index (χ1) is 13.7. The van der Waals surface area contributed by atoms with E-state index < -0.39 is 0 Å². The standard InChI is InChI=1S/C22H29N5O/c1-17-6-5-15-27(16-17)22(28)20-11-12-21(25-24-20)23-18-7-9-19(10-8-18)26-13-3-2-4-14-26/h7-12,17H,2-6,13-16H2,1H3,(H,23,25). The summed E-state index contributed by atoms with van der Waals surface area (Å²) in [6.07, 6.45) is 6.14. The van der Waals surface area contributed by atoms with Gasteiger partial charge >= 0.3 is 0 Å². The normalized spacial score (nSPS) is 20.1. The number of hydrogen-bond acceptors (Lipinski definition) is 5. The summed E-state index contributed by atoms with van der Waals surface area (Å²) in [6.45, 7) is 6.10. The van der Waals surface area contributed by atoms with E-state index in [4.69, 9.17) is 0 Å². The second-order valence-corrected chi connectivity index (χ2v) is 8.02. The van der Waals surface area contributed by atoms with Crippen molar-refractivity contribution in [2.45, 2.75) is 39.0 Å². The monoisotopic (exact) mass is 379 g/mol. The Labute approximate surface area is 166 Å². The number of benzene rings is 1. The lowest BCUT2D eigenvalue weighted by atomic mass is 10.00. The zero-order valence-corrected chi connectivity index (χ0v) is 16.6. The van der Waals surface area contributed by atoms with Crippen LogP contribution in [0.3, 0.4) is 0 Å². The number of likely N-dealkylation sites (tertiary alicyclic amines) is 1. The third kappa shape index (κ3) is 4.43. The maximum absolute atomic E-state index is 12.6. The molecule has 1 N–H and O–H groups in total. The Kier molecular flexibility index (Phi) is 5.74. The second-order valence-electron chi connectivity index (χ2n) is 8.02. The highest BCUT2D eigenvalue weighted by molar-refractivity contribution is 5.92. The molecule has 1 unspecified atom stereocenters. The molecule has 6 heteroatoms. The van der Waals surface area contributed by atoms with E-state index >= 15 is 0 Å². The molecule has 28 heavy (non-hydrogen) atoms. The fourth-order valence-corrected chi connectivity index (χ4v) is 4.10. The molecule has 2 aromatic rings. The first kappa shape index (κ1) is 18.7. The molecule has 0 saturated carbocycles. The zero-order chi connectivity index (χ0) is 19.3. The topological polar surface area (TPSA) is 61.4 Å². The number of piperidine rings is 2. The zero-order valence-electron chi connectivity index (χ0n) is 16.6. The fourth-order valence-electron chi connectivity index (χ4n) is 4.10. The van der Waals surface area contributed by atoms with E-state index in [2.05, 4.69) is 51.6 Å². The van der Waals surface area contributed by atoms with Crippen molar-refractivity contribution in [2.24, 2.45) is 5.92 Å². The number of amides is 1. The third-order valence-electron chi connectivity index (χ3n) is 5.69. The van der Waals surface area contributed by atoms with E-state index in [1.165, 1.54) is 31.4 Å². The Balaban J connectivity index is 1.37. The van der Waals surface area contributed by atoms with E-state index in [0.29, 0.717) is 17.4 Å². The van der Waals surface area contributed by atoms with E-state index in [0.717, 1.165) is 38.3 Å². The first-order valence-electron chi connectivity index (χ1n) is 10.4. The molecule has 0 aliphatic carbocycles. The Hall–Kier alpha value is -2.63. The van der Waals surface area contributed by atoms with Gasteiger partial charge < -0.3 is 15.1 Å². The minimum Gasteiger partial charge on any atom is -0.372 e. The molecule has 4 rings (SSSR count). The summed E-state index contributed by atoms with van der Waals surface area (Å²) in [5, 5.41) is 11.6. The van der Waals surface area contributed by atoms with Crippen molar-refractivity contribution >= 4 is 23.1 Å². The molecule has 0 bridgehead atoms. The highest BCUT2D eigenvalue weighted by Crippen LogP contribution is 2.23. The maximum Gasteiger partial charge on any atom is 0.274 e. The minimum absolute atomic E-state index is 0.0171. The predicted octanol–water partition coefficient (Wildman–Crippen LogP) is 4.08. The Bertz CT molecular complexity index is 784. The van der Waals surface area contributed by atoms with Crippen LogP contribution in [0.5, 0.6) is 0 Å². The van der Waals surface area contributed by atoms with Crippen molar-refractivity contribution < 1.29 is 4.79 Å². The van der Waals surface area contributed by atoms with Gasteiger partial charge in [-0.3, -0.25) is 4.79 Å². The summed E-state index contributed by atoms with van der Waals surface area (Å²) in [6, 6.07) is 12.0. The Morgan fingerprint density at radius 2 is 1.75 bits per heavy atom. The first-order valence-corrected chi connectivity index (χ1v) is 10.4. The number of carbonyl (C=O) groups excluding carboxylic acids is 1. The van der Waals surface area contributed by atoms with Crippen LogP contribution in [0.2, 0.25) is 0 Å². The largest absolute Gasteiger partial charge is 0.372 e. The summed E-state index contributed by atoms with van der Waals surface area (Å²) >= 11 is 0. The van der Waals surface area contributed by atoms with Gasteiger partial charge in [0.25, 0.3) is 5.91 Å². The van der Waals surface area contributed by atoms with E-state index in [-0.39, 0.29) is 5.91 Å². The molecule has 2 aliphatic heterocycles. The molecule has 6 nitrogen and oxygen atoms in total. The minimum atomic E-state index is -0.0171. The van der Waals surface area contributed by atoms with Gasteiger partial charge in [-0.05, 0) is 74.4 Å². The lowest BCUT2D eigenvalue weighted by Gasteiger charge is -2.30. The number of carbonyl (C=O) groups is 1. The van der Waals surface area contributed by atoms with Crippen LogP contribution in [-0.4, -0.2) is 47.2 Å². The van der Waals surface area contributed by atoms with Gasteiger partial charge in [-0.25, -0.2) is 0 Å². The number of hydrogen-bond donors (Lipinski definition) is 1. The number of rotatable bonds is 4. The molecule has 148 valence electrons. The molecule has 1 aromatic heterocycles. The van der Waals surface area contributed by atoms with Gasteiger partial charge in [0.1, 0.15) is 0 Å². The van der Waals surface area contributed by atoms with E-state index in [1.807, 2.05) is 11.0 Å². The smallest absolute Gasteiger partial charge is 0.274 e. The van der Waals surface area contributed by atoms with Gasteiger partial charge in [-0.2, -0.15) is 0 Å². The molecule has 2 saturated heterocycles. The summed E-state index contributed by atoms with van der Waals surface area (Å²) in [5.74, 6) is 1.19. The maximum atomic E-state index is 12.6. The average Bonchev–Trinajstić information content (AvgIpc) is 2.75. The van der Waals surface area contributed by atoms with Gasteiger partial charge in [0.15, 0.2) is 11.5 Å². The average molecular weight is 380 g/mol. The highest BCUT2D eigenvalue weighted by Gasteiger charge is 2.23. The van der Waals surface area contributed by atoms with E-state index in [1.54, 1.807) is 6.07 Å². The highest BCUT2D eigenvalue weighted by atomic mass is 16.2. The Morgan fingerprint density at radius 1 is 0.964 bits per heavy atom. The van der Waals surface area contributed by atoms with Crippen LogP contribution in [0.4, 0.5) is 17.2 Å². The SMILES string of the molecule is CC1CCCN(C(=O)c2ccc(Nc3ccc(N4CCCCC4)cc3)nn2)C1. The molecular weight excluding hydrogens is 350 g/mol. The van der Waals surface area contributed by atoms with Crippen LogP contribution in [0.25, 0.3) is 0 Å². The van der Waals surface area contributed by atoms with Gasteiger partial charge in [0.2, 0.25) is 0 Å². The van der Waals surface area contributed by atoms with Crippen molar-refractivity contribution in [1.29, 1.82) is 0 Å². The number of nitrogens with zero attached hydrogens (tertiary/aromatic N) is 4. The molecule has 2 aliphatic rings. The van der Waals surface area contributed by atoms with Gasteiger partial charge in [-0.15, -0.1) is 10.2 Å². The number of nitrogens with one attached hydrogen (secondary N) is 1. The van der Waals surface area contributed by atoms with Crippen LogP contribution >= 0.6 is 0 Å². The molecule has 1 amide bonds. The third-order valence-corrected chi connectivity index (χ3v) is 5.69.